The van der Waals surface area contributed by atoms with E-state index in [2.05, 4.69) is 40.0 Å². The average Bonchev–Trinajstić information content (AvgIpc) is 2.87. The van der Waals surface area contributed by atoms with Gasteiger partial charge in [0, 0.05) is 52.0 Å². The van der Waals surface area contributed by atoms with Crippen molar-refractivity contribution >= 4 is 45.2 Å². The SMILES string of the molecule is Cc1ccc2nccc(Nc3ccc(C(=O)Nc4ccc(Nc5cc[n+](C)cc5)cc4)cc3)c2c1. The molecule has 0 atom stereocenters. The van der Waals surface area contributed by atoms with Gasteiger partial charge in [-0.25, -0.2) is 4.57 Å². The van der Waals surface area contributed by atoms with Crippen molar-refractivity contribution < 1.29 is 9.36 Å². The normalized spacial score (nSPS) is 10.7. The minimum absolute atomic E-state index is 0.155. The molecule has 0 saturated heterocycles. The molecule has 0 spiro atoms. The number of amides is 1. The second kappa shape index (κ2) is 9.65. The van der Waals surface area contributed by atoms with Crippen molar-refractivity contribution in [3.63, 3.8) is 0 Å². The third kappa shape index (κ3) is 5.28. The van der Waals surface area contributed by atoms with Gasteiger partial charge in [-0.2, -0.15) is 0 Å². The molecule has 0 fully saturated rings. The lowest BCUT2D eigenvalue weighted by atomic mass is 10.1. The number of carbonyl (C=O) groups is 1. The predicted molar refractivity (Wildman–Crippen MR) is 142 cm³/mol. The number of aryl methyl sites for hydroxylation is 2. The number of hydrogen-bond donors (Lipinski definition) is 3. The van der Waals surface area contributed by atoms with Gasteiger partial charge in [0.15, 0.2) is 12.4 Å². The highest BCUT2D eigenvalue weighted by Crippen LogP contribution is 2.26. The van der Waals surface area contributed by atoms with Gasteiger partial charge in [0.1, 0.15) is 7.05 Å². The summed E-state index contributed by atoms with van der Waals surface area (Å²) in [6, 6.07) is 27.3. The van der Waals surface area contributed by atoms with E-state index < -0.39 is 0 Å². The Morgan fingerprint density at radius 1 is 0.743 bits per heavy atom. The molecule has 1 amide bonds. The molecule has 0 radical (unpaired) electrons. The molecule has 0 aliphatic rings. The molecule has 5 rings (SSSR count). The summed E-state index contributed by atoms with van der Waals surface area (Å²) in [7, 11) is 1.98. The molecule has 172 valence electrons. The fourth-order valence-electron chi connectivity index (χ4n) is 3.82. The first-order chi connectivity index (χ1) is 17.0. The molecule has 35 heavy (non-hydrogen) atoms. The van der Waals surface area contributed by atoms with E-state index in [9.17, 15) is 4.79 Å². The number of nitrogens with one attached hydrogen (secondary N) is 3. The molecule has 0 aliphatic carbocycles. The van der Waals surface area contributed by atoms with Crippen molar-refractivity contribution in [3.05, 3.63) is 115 Å². The lowest BCUT2D eigenvalue weighted by Gasteiger charge is -2.11. The molecular formula is C29H26N5O+. The molecule has 0 unspecified atom stereocenters. The van der Waals surface area contributed by atoms with Crippen LogP contribution >= 0.6 is 0 Å². The van der Waals surface area contributed by atoms with Gasteiger partial charge in [-0.05, 0) is 73.7 Å². The van der Waals surface area contributed by atoms with Gasteiger partial charge in [0.05, 0.1) is 11.2 Å². The first kappa shape index (κ1) is 22.1. The summed E-state index contributed by atoms with van der Waals surface area (Å²) in [6.07, 6.45) is 5.76. The number of carbonyl (C=O) groups excluding carboxylic acids is 1. The number of aromatic nitrogens is 2. The van der Waals surface area contributed by atoms with E-state index in [4.69, 9.17) is 0 Å². The molecule has 6 nitrogen and oxygen atoms in total. The van der Waals surface area contributed by atoms with Crippen molar-refractivity contribution in [2.24, 2.45) is 7.05 Å². The number of anilines is 5. The predicted octanol–water partition coefficient (Wildman–Crippen LogP) is 6.11. The Morgan fingerprint density at radius 3 is 2.11 bits per heavy atom. The maximum atomic E-state index is 12.7. The largest absolute Gasteiger partial charge is 0.355 e. The van der Waals surface area contributed by atoms with Crippen LogP contribution in [-0.2, 0) is 7.05 Å². The number of nitrogens with zero attached hydrogens (tertiary/aromatic N) is 2. The number of fused-ring (bicyclic) bond motifs is 1. The summed E-state index contributed by atoms with van der Waals surface area (Å²) >= 11 is 0. The third-order valence-electron chi connectivity index (χ3n) is 5.73. The lowest BCUT2D eigenvalue weighted by Crippen LogP contribution is -2.25. The van der Waals surface area contributed by atoms with Crippen LogP contribution in [0.4, 0.5) is 28.4 Å². The summed E-state index contributed by atoms with van der Waals surface area (Å²) in [5, 5.41) is 10.8. The first-order valence-corrected chi connectivity index (χ1v) is 11.4. The smallest absolute Gasteiger partial charge is 0.255 e. The Kier molecular flexibility index (Phi) is 6.09. The summed E-state index contributed by atoms with van der Waals surface area (Å²) in [6.45, 7) is 2.07. The minimum atomic E-state index is -0.155. The van der Waals surface area contributed by atoms with Crippen LogP contribution in [0.1, 0.15) is 15.9 Å². The van der Waals surface area contributed by atoms with Crippen LogP contribution in [0.25, 0.3) is 10.9 Å². The highest BCUT2D eigenvalue weighted by Gasteiger charge is 2.08. The zero-order chi connectivity index (χ0) is 24.2. The summed E-state index contributed by atoms with van der Waals surface area (Å²) in [5.74, 6) is -0.155. The standard InChI is InChI=1S/C29H25N5O/c1-20-3-12-27-26(19-20)28(13-16-30-27)32-23-6-4-21(5-7-23)29(35)33-24-10-8-22(9-11-24)31-25-14-17-34(2)18-15-25/h3-19H,1-2H3,(H2,30,32,33,35)/p+1. The molecule has 5 aromatic rings. The monoisotopic (exact) mass is 460 g/mol. The first-order valence-electron chi connectivity index (χ1n) is 11.4. The Bertz CT molecular complexity index is 1480. The lowest BCUT2D eigenvalue weighted by molar-refractivity contribution is -0.671. The number of rotatable bonds is 6. The van der Waals surface area contributed by atoms with Gasteiger partial charge in [-0.1, -0.05) is 11.6 Å². The molecule has 3 N–H and O–H groups in total. The Morgan fingerprint density at radius 2 is 1.37 bits per heavy atom. The van der Waals surface area contributed by atoms with Gasteiger partial charge in [0.2, 0.25) is 0 Å². The summed E-state index contributed by atoms with van der Waals surface area (Å²) in [4.78, 5) is 17.2. The van der Waals surface area contributed by atoms with E-state index >= 15 is 0 Å². The summed E-state index contributed by atoms with van der Waals surface area (Å²) < 4.78 is 1.98. The van der Waals surface area contributed by atoms with Gasteiger partial charge >= 0.3 is 0 Å². The second-order valence-corrected chi connectivity index (χ2v) is 8.49. The molecule has 2 heterocycles. The summed E-state index contributed by atoms with van der Waals surface area (Å²) in [5.41, 5.74) is 7.28. The second-order valence-electron chi connectivity index (χ2n) is 8.49. The number of hydrogen-bond acceptors (Lipinski definition) is 4. The highest BCUT2D eigenvalue weighted by molar-refractivity contribution is 6.04. The molecule has 0 saturated carbocycles. The fraction of sp³-hybridized carbons (Fsp3) is 0.0690. The third-order valence-corrected chi connectivity index (χ3v) is 5.73. The molecule has 2 aromatic heterocycles. The van der Waals surface area contributed by atoms with Crippen LogP contribution in [0.5, 0.6) is 0 Å². The van der Waals surface area contributed by atoms with Crippen molar-refractivity contribution in [1.29, 1.82) is 0 Å². The van der Waals surface area contributed by atoms with Gasteiger partial charge in [0.25, 0.3) is 5.91 Å². The van der Waals surface area contributed by atoms with Gasteiger partial charge in [-0.15, -0.1) is 0 Å². The highest BCUT2D eigenvalue weighted by atomic mass is 16.1. The van der Waals surface area contributed by atoms with Crippen molar-refractivity contribution in [1.82, 2.24) is 4.98 Å². The Labute approximate surface area is 204 Å². The average molecular weight is 461 g/mol. The number of pyridine rings is 2. The van der Waals surface area contributed by atoms with E-state index in [1.165, 1.54) is 5.56 Å². The quantitative estimate of drug-likeness (QED) is 0.268. The molecule has 0 aliphatic heterocycles. The van der Waals surface area contributed by atoms with Crippen LogP contribution in [0.2, 0.25) is 0 Å². The van der Waals surface area contributed by atoms with E-state index in [0.29, 0.717) is 5.56 Å². The van der Waals surface area contributed by atoms with Crippen LogP contribution in [-0.4, -0.2) is 10.9 Å². The van der Waals surface area contributed by atoms with Crippen LogP contribution in [0.15, 0.2) is 104 Å². The van der Waals surface area contributed by atoms with Crippen LogP contribution in [0, 0.1) is 6.92 Å². The van der Waals surface area contributed by atoms with E-state index in [1.807, 2.05) is 96.8 Å². The van der Waals surface area contributed by atoms with Crippen LogP contribution in [0.3, 0.4) is 0 Å². The minimum Gasteiger partial charge on any atom is -0.355 e. The topological polar surface area (TPSA) is 69.9 Å². The number of benzene rings is 3. The molecular weight excluding hydrogens is 434 g/mol. The molecule has 0 bridgehead atoms. The zero-order valence-corrected chi connectivity index (χ0v) is 19.6. The Balaban J connectivity index is 1.23. The van der Waals surface area contributed by atoms with E-state index in [1.54, 1.807) is 6.20 Å². The van der Waals surface area contributed by atoms with Crippen molar-refractivity contribution in [3.8, 4) is 0 Å². The fourth-order valence-corrected chi connectivity index (χ4v) is 3.82. The van der Waals surface area contributed by atoms with Gasteiger partial charge in [-0.3, -0.25) is 9.78 Å². The Hall–Kier alpha value is -4.71. The zero-order valence-electron chi connectivity index (χ0n) is 19.6. The van der Waals surface area contributed by atoms with Crippen LogP contribution < -0.4 is 20.5 Å². The van der Waals surface area contributed by atoms with Crippen molar-refractivity contribution in [2.45, 2.75) is 6.92 Å². The maximum absolute atomic E-state index is 12.7. The van der Waals surface area contributed by atoms with Crippen molar-refractivity contribution in [2.75, 3.05) is 16.0 Å². The molecule has 3 aromatic carbocycles. The maximum Gasteiger partial charge on any atom is 0.255 e. The molecule has 6 heteroatoms. The van der Waals surface area contributed by atoms with E-state index in [0.717, 1.165) is 39.3 Å². The van der Waals surface area contributed by atoms with Gasteiger partial charge < -0.3 is 16.0 Å². The van der Waals surface area contributed by atoms with E-state index in [-0.39, 0.29) is 5.91 Å².